The van der Waals surface area contributed by atoms with E-state index < -0.39 is 10.0 Å². The molecule has 0 spiro atoms. The zero-order valence-electron chi connectivity index (χ0n) is 8.40. The first-order valence-corrected chi connectivity index (χ1v) is 6.49. The molecule has 1 aromatic rings. The molecule has 0 aliphatic rings. The molecule has 0 aromatic heterocycles. The second-order valence-corrected chi connectivity index (χ2v) is 5.21. The van der Waals surface area contributed by atoms with Crippen molar-refractivity contribution >= 4 is 21.6 Å². The lowest BCUT2D eigenvalue weighted by atomic mass is 10.3. The predicted molar refractivity (Wildman–Crippen MR) is 61.2 cm³/mol. The second-order valence-electron chi connectivity index (χ2n) is 3.00. The van der Waals surface area contributed by atoms with E-state index in [1.807, 2.05) is 13.3 Å². The number of rotatable bonds is 5. The fraction of sp³-hybridized carbons (Fsp3) is 0.300. The van der Waals surface area contributed by atoms with Crippen LogP contribution in [0.2, 0.25) is 5.02 Å². The van der Waals surface area contributed by atoms with Gasteiger partial charge in [0.1, 0.15) is 0 Å². The molecule has 0 aliphatic carbocycles. The molecule has 0 fully saturated rings. The average molecular weight is 247 g/mol. The van der Waals surface area contributed by atoms with E-state index >= 15 is 0 Å². The third kappa shape index (κ3) is 3.81. The van der Waals surface area contributed by atoms with Crippen LogP contribution in [-0.4, -0.2) is 15.0 Å². The number of nitrogens with one attached hydrogen (secondary N) is 1. The molecule has 0 atom stereocenters. The Morgan fingerprint density at radius 3 is 2.47 bits per heavy atom. The van der Waals surface area contributed by atoms with Crippen molar-refractivity contribution in [2.45, 2.75) is 18.2 Å². The first-order chi connectivity index (χ1) is 7.06. The van der Waals surface area contributed by atoms with Crippen LogP contribution in [-0.2, 0) is 10.0 Å². The lowest BCUT2D eigenvalue weighted by Crippen LogP contribution is -2.24. The van der Waals surface area contributed by atoms with Gasteiger partial charge in [-0.15, -0.1) is 0 Å². The molecule has 0 unspecified atom stereocenters. The van der Waals surface area contributed by atoms with Crippen molar-refractivity contribution < 1.29 is 8.42 Å². The minimum atomic E-state index is -3.39. The standard InChI is InChI=1S/C10H13ClNO2S/c1-2-3-8-12-15(13,14)10-6-4-9(11)5-7-10/h3-7,12H,2,8H2,1H3. The summed E-state index contributed by atoms with van der Waals surface area (Å²) in [5.74, 6) is 0. The number of hydrogen-bond donors (Lipinski definition) is 1. The Labute approximate surface area is 95.5 Å². The van der Waals surface area contributed by atoms with Crippen LogP contribution >= 0.6 is 11.6 Å². The number of unbranched alkanes of at least 4 members (excludes halogenated alkanes) is 1. The van der Waals surface area contributed by atoms with Crippen LogP contribution in [0, 0.1) is 6.42 Å². The van der Waals surface area contributed by atoms with Crippen LogP contribution in [0.5, 0.6) is 0 Å². The summed E-state index contributed by atoms with van der Waals surface area (Å²) in [6, 6.07) is 6.08. The first-order valence-electron chi connectivity index (χ1n) is 4.63. The molecule has 15 heavy (non-hydrogen) atoms. The predicted octanol–water partition coefficient (Wildman–Crippen LogP) is 2.23. The van der Waals surface area contributed by atoms with Crippen molar-refractivity contribution in [3.8, 4) is 0 Å². The molecule has 3 nitrogen and oxygen atoms in total. The molecule has 83 valence electrons. The monoisotopic (exact) mass is 246 g/mol. The van der Waals surface area contributed by atoms with E-state index in [1.54, 1.807) is 12.1 Å². The summed E-state index contributed by atoms with van der Waals surface area (Å²) in [4.78, 5) is 0.233. The number of halogens is 1. The van der Waals surface area contributed by atoms with Crippen molar-refractivity contribution in [1.82, 2.24) is 4.72 Å². The van der Waals surface area contributed by atoms with Gasteiger partial charge in [-0.25, -0.2) is 13.1 Å². The molecular weight excluding hydrogens is 234 g/mol. The fourth-order valence-electron chi connectivity index (χ4n) is 1.01. The summed E-state index contributed by atoms with van der Waals surface area (Å²) in [7, 11) is -3.39. The van der Waals surface area contributed by atoms with Crippen molar-refractivity contribution in [3.05, 3.63) is 35.7 Å². The lowest BCUT2D eigenvalue weighted by Gasteiger charge is -2.05. The average Bonchev–Trinajstić information content (AvgIpc) is 2.18. The summed E-state index contributed by atoms with van der Waals surface area (Å²) >= 11 is 5.67. The maximum absolute atomic E-state index is 11.6. The maximum atomic E-state index is 11.6. The van der Waals surface area contributed by atoms with E-state index in [4.69, 9.17) is 11.6 Å². The summed E-state index contributed by atoms with van der Waals surface area (Å²) in [5.41, 5.74) is 0. The lowest BCUT2D eigenvalue weighted by molar-refractivity contribution is 0.584. The van der Waals surface area contributed by atoms with Gasteiger partial charge in [0, 0.05) is 11.6 Å². The van der Waals surface area contributed by atoms with E-state index in [9.17, 15) is 8.42 Å². The van der Waals surface area contributed by atoms with Crippen LogP contribution in [0.4, 0.5) is 0 Å². The molecule has 0 saturated carbocycles. The van der Waals surface area contributed by atoms with Crippen LogP contribution in [0.25, 0.3) is 0 Å². The molecule has 0 heterocycles. The fourth-order valence-corrected chi connectivity index (χ4v) is 2.13. The summed E-state index contributed by atoms with van der Waals surface area (Å²) in [6.07, 6.45) is 2.69. The van der Waals surface area contributed by atoms with Gasteiger partial charge in [-0.1, -0.05) is 24.9 Å². The topological polar surface area (TPSA) is 46.2 Å². The molecule has 1 rings (SSSR count). The normalized spacial score (nSPS) is 11.6. The molecular formula is C10H13ClNO2S. The second kappa shape index (κ2) is 5.49. The Balaban J connectivity index is 2.73. The van der Waals surface area contributed by atoms with E-state index in [-0.39, 0.29) is 4.90 Å². The molecule has 1 radical (unpaired) electrons. The van der Waals surface area contributed by atoms with Crippen molar-refractivity contribution in [1.29, 1.82) is 0 Å². The minimum Gasteiger partial charge on any atom is -0.211 e. The number of benzene rings is 1. The zero-order valence-corrected chi connectivity index (χ0v) is 9.98. The van der Waals surface area contributed by atoms with Gasteiger partial charge in [0.2, 0.25) is 10.0 Å². The Morgan fingerprint density at radius 1 is 1.33 bits per heavy atom. The molecule has 0 amide bonds. The highest BCUT2D eigenvalue weighted by atomic mass is 35.5. The highest BCUT2D eigenvalue weighted by Gasteiger charge is 2.12. The van der Waals surface area contributed by atoms with E-state index in [0.717, 1.165) is 6.42 Å². The van der Waals surface area contributed by atoms with Gasteiger partial charge >= 0.3 is 0 Å². The van der Waals surface area contributed by atoms with Gasteiger partial charge in [0.15, 0.2) is 0 Å². The van der Waals surface area contributed by atoms with Crippen LogP contribution in [0.1, 0.15) is 13.3 Å². The number of hydrogen-bond acceptors (Lipinski definition) is 2. The van der Waals surface area contributed by atoms with Gasteiger partial charge in [0.25, 0.3) is 0 Å². The van der Waals surface area contributed by atoms with Crippen LogP contribution in [0.15, 0.2) is 29.2 Å². The molecule has 0 aliphatic heterocycles. The largest absolute Gasteiger partial charge is 0.240 e. The molecule has 1 aromatic carbocycles. The first kappa shape index (κ1) is 12.5. The van der Waals surface area contributed by atoms with Crippen LogP contribution < -0.4 is 4.72 Å². The summed E-state index contributed by atoms with van der Waals surface area (Å²) in [5, 5.41) is 0.522. The van der Waals surface area contributed by atoms with Gasteiger partial charge in [-0.3, -0.25) is 0 Å². The van der Waals surface area contributed by atoms with Gasteiger partial charge in [-0.2, -0.15) is 0 Å². The Bertz CT molecular complexity index is 400. The Morgan fingerprint density at radius 2 is 1.93 bits per heavy atom. The van der Waals surface area contributed by atoms with E-state index in [1.165, 1.54) is 12.1 Å². The van der Waals surface area contributed by atoms with Crippen molar-refractivity contribution in [2.75, 3.05) is 6.54 Å². The smallest absolute Gasteiger partial charge is 0.211 e. The quantitative estimate of drug-likeness (QED) is 0.810. The van der Waals surface area contributed by atoms with Crippen molar-refractivity contribution in [2.24, 2.45) is 0 Å². The highest BCUT2D eigenvalue weighted by Crippen LogP contribution is 2.13. The highest BCUT2D eigenvalue weighted by molar-refractivity contribution is 7.89. The molecule has 0 saturated heterocycles. The summed E-state index contributed by atoms with van der Waals surface area (Å²) in [6.45, 7) is 2.30. The SMILES string of the molecule is CC[CH]CNS(=O)(=O)c1ccc(Cl)cc1. The van der Waals surface area contributed by atoms with Gasteiger partial charge in [0.05, 0.1) is 4.90 Å². The molecule has 0 bridgehead atoms. The Kier molecular flexibility index (Phi) is 4.57. The van der Waals surface area contributed by atoms with Crippen molar-refractivity contribution in [3.63, 3.8) is 0 Å². The van der Waals surface area contributed by atoms with Gasteiger partial charge < -0.3 is 0 Å². The minimum absolute atomic E-state index is 0.233. The van der Waals surface area contributed by atoms with Crippen LogP contribution in [0.3, 0.4) is 0 Å². The van der Waals surface area contributed by atoms with E-state index in [2.05, 4.69) is 4.72 Å². The Hall–Kier alpha value is -0.580. The van der Waals surface area contributed by atoms with E-state index in [0.29, 0.717) is 11.6 Å². The molecule has 5 heteroatoms. The number of sulfonamides is 1. The molecule has 1 N–H and O–H groups in total. The zero-order chi connectivity index (χ0) is 11.3. The third-order valence-corrected chi connectivity index (χ3v) is 3.52. The van der Waals surface area contributed by atoms with Gasteiger partial charge in [-0.05, 0) is 30.7 Å². The summed E-state index contributed by atoms with van der Waals surface area (Å²) < 4.78 is 25.8. The maximum Gasteiger partial charge on any atom is 0.240 e. The third-order valence-electron chi connectivity index (χ3n) is 1.83.